The van der Waals surface area contributed by atoms with Crippen LogP contribution in [0.25, 0.3) is 0 Å². The van der Waals surface area contributed by atoms with Crippen molar-refractivity contribution in [3.05, 3.63) is 132 Å². The van der Waals surface area contributed by atoms with Gasteiger partial charge in [0.05, 0.1) is 23.4 Å². The molecule has 4 nitrogen and oxygen atoms in total. The molecule has 0 N–H and O–H groups in total. The third-order valence-electron chi connectivity index (χ3n) is 8.02. The highest BCUT2D eigenvalue weighted by atomic mass is 19.1. The molecule has 6 rings (SSSR count). The normalized spacial score (nSPS) is 18.2. The number of halogens is 1. The summed E-state index contributed by atoms with van der Waals surface area (Å²) in [5, 5.41) is 0. The molecular formula is C34H32FN3O. The Hall–Kier alpha value is -4.09. The summed E-state index contributed by atoms with van der Waals surface area (Å²) in [6.45, 7) is 2.54. The molecule has 196 valence electrons. The third kappa shape index (κ3) is 5.27. The van der Waals surface area contributed by atoms with Gasteiger partial charge in [-0.1, -0.05) is 84.9 Å². The predicted molar refractivity (Wildman–Crippen MR) is 155 cm³/mol. The zero-order valence-electron chi connectivity index (χ0n) is 22.0. The van der Waals surface area contributed by atoms with Gasteiger partial charge in [-0.25, -0.2) is 4.39 Å². The van der Waals surface area contributed by atoms with E-state index in [4.69, 9.17) is 4.99 Å². The molecule has 1 spiro atoms. The Morgan fingerprint density at radius 2 is 1.44 bits per heavy atom. The number of carbonyl (C=O) groups excluding carboxylic acids is 1. The zero-order valence-corrected chi connectivity index (χ0v) is 22.0. The van der Waals surface area contributed by atoms with Gasteiger partial charge in [0.25, 0.3) is 0 Å². The lowest BCUT2D eigenvalue weighted by atomic mass is 9.82. The number of rotatable bonds is 6. The first-order chi connectivity index (χ1) is 19.1. The Balaban J connectivity index is 1.36. The second-order valence-electron chi connectivity index (χ2n) is 10.5. The van der Waals surface area contributed by atoms with E-state index < -0.39 is 5.54 Å². The minimum Gasteiger partial charge on any atom is -0.300 e. The van der Waals surface area contributed by atoms with Gasteiger partial charge in [0.15, 0.2) is 0 Å². The molecule has 0 radical (unpaired) electrons. The molecule has 4 aromatic carbocycles. The number of nitrogens with zero attached hydrogens (tertiary/aromatic N) is 3. The lowest BCUT2D eigenvalue weighted by Gasteiger charge is -2.45. The average Bonchev–Trinajstić information content (AvgIpc) is 3.22. The van der Waals surface area contributed by atoms with Crippen molar-refractivity contribution in [2.24, 2.45) is 4.99 Å². The van der Waals surface area contributed by atoms with E-state index in [0.29, 0.717) is 5.69 Å². The molecule has 0 unspecified atom stereocenters. The van der Waals surface area contributed by atoms with E-state index in [1.54, 1.807) is 6.07 Å². The minimum atomic E-state index is -0.572. The van der Waals surface area contributed by atoms with Crippen LogP contribution in [0.4, 0.5) is 15.8 Å². The SMILES string of the molecule is O=C1CC(=Nc2ccccc2Cc2ccccc2)C2(CCN(Cc3ccccc3)CC2)N1c1cccc(F)c1. The number of para-hydroxylation sites is 1. The summed E-state index contributed by atoms with van der Waals surface area (Å²) in [7, 11) is 0. The van der Waals surface area contributed by atoms with Gasteiger partial charge in [-0.2, -0.15) is 0 Å². The number of hydrogen-bond acceptors (Lipinski definition) is 3. The largest absolute Gasteiger partial charge is 0.300 e. The first-order valence-electron chi connectivity index (χ1n) is 13.7. The van der Waals surface area contributed by atoms with Gasteiger partial charge in [0.1, 0.15) is 5.82 Å². The summed E-state index contributed by atoms with van der Waals surface area (Å²) in [6.07, 6.45) is 2.52. The van der Waals surface area contributed by atoms with E-state index in [0.717, 1.165) is 55.9 Å². The molecule has 0 aromatic heterocycles. The summed E-state index contributed by atoms with van der Waals surface area (Å²) in [5.74, 6) is -0.355. The molecule has 0 aliphatic carbocycles. The summed E-state index contributed by atoms with van der Waals surface area (Å²) in [5.41, 5.74) is 5.45. The highest BCUT2D eigenvalue weighted by molar-refractivity contribution is 6.22. The zero-order chi connectivity index (χ0) is 26.7. The van der Waals surface area contributed by atoms with Crippen LogP contribution in [0, 0.1) is 5.82 Å². The quantitative estimate of drug-likeness (QED) is 0.277. The molecule has 39 heavy (non-hydrogen) atoms. The van der Waals surface area contributed by atoms with Crippen LogP contribution in [-0.4, -0.2) is 35.1 Å². The first-order valence-corrected chi connectivity index (χ1v) is 13.7. The van der Waals surface area contributed by atoms with Crippen LogP contribution >= 0.6 is 0 Å². The average molecular weight is 518 g/mol. The van der Waals surface area contributed by atoms with E-state index in [-0.39, 0.29) is 18.1 Å². The molecule has 2 fully saturated rings. The smallest absolute Gasteiger partial charge is 0.233 e. The van der Waals surface area contributed by atoms with Crippen LogP contribution in [-0.2, 0) is 17.8 Å². The maximum atomic E-state index is 14.3. The molecule has 1 amide bonds. The van der Waals surface area contributed by atoms with Crippen molar-refractivity contribution in [2.45, 2.75) is 37.8 Å². The van der Waals surface area contributed by atoms with Gasteiger partial charge in [-0.15, -0.1) is 0 Å². The predicted octanol–water partition coefficient (Wildman–Crippen LogP) is 6.96. The monoisotopic (exact) mass is 517 g/mol. The lowest BCUT2D eigenvalue weighted by molar-refractivity contribution is -0.117. The van der Waals surface area contributed by atoms with Crippen molar-refractivity contribution in [2.75, 3.05) is 18.0 Å². The molecule has 2 saturated heterocycles. The fourth-order valence-electron chi connectivity index (χ4n) is 6.07. The lowest BCUT2D eigenvalue weighted by Crippen LogP contribution is -2.56. The summed E-state index contributed by atoms with van der Waals surface area (Å²) in [6, 6.07) is 35.5. The Labute approximate surface area is 229 Å². The van der Waals surface area contributed by atoms with Gasteiger partial charge in [-0.3, -0.25) is 14.7 Å². The Bertz CT molecular complexity index is 1480. The topological polar surface area (TPSA) is 35.9 Å². The number of carbonyl (C=O) groups is 1. The van der Waals surface area contributed by atoms with Crippen molar-refractivity contribution >= 4 is 23.0 Å². The fraction of sp³-hybridized carbons (Fsp3) is 0.235. The van der Waals surface area contributed by atoms with E-state index in [2.05, 4.69) is 59.5 Å². The van der Waals surface area contributed by atoms with Gasteiger partial charge < -0.3 is 4.90 Å². The van der Waals surface area contributed by atoms with Gasteiger partial charge in [-0.05, 0) is 60.2 Å². The first kappa shape index (κ1) is 25.2. The molecule has 0 atom stereocenters. The molecule has 2 aliphatic heterocycles. The van der Waals surface area contributed by atoms with Crippen molar-refractivity contribution < 1.29 is 9.18 Å². The molecule has 2 aliphatic rings. The highest BCUT2D eigenvalue weighted by Crippen LogP contribution is 2.42. The number of piperidine rings is 1. The van der Waals surface area contributed by atoms with Gasteiger partial charge >= 0.3 is 0 Å². The number of hydrogen-bond donors (Lipinski definition) is 0. The van der Waals surface area contributed by atoms with E-state index in [1.807, 2.05) is 41.3 Å². The number of likely N-dealkylation sites (tertiary alicyclic amines) is 1. The van der Waals surface area contributed by atoms with Crippen LogP contribution < -0.4 is 4.90 Å². The number of amides is 1. The van der Waals surface area contributed by atoms with Crippen LogP contribution in [0.3, 0.4) is 0 Å². The molecule has 4 aromatic rings. The standard InChI is InChI=1S/C34H32FN3O/c35-29-15-9-16-30(23-29)38-33(39)24-32(34(38)18-20-37(21-19-34)25-27-12-5-2-6-13-27)36-31-17-8-7-14-28(31)22-26-10-3-1-4-11-26/h1-17,23H,18-22,24-25H2. The van der Waals surface area contributed by atoms with Crippen LogP contribution in [0.5, 0.6) is 0 Å². The second kappa shape index (κ2) is 11.0. The van der Waals surface area contributed by atoms with Gasteiger partial charge in [0, 0.05) is 25.3 Å². The molecule has 0 saturated carbocycles. The maximum absolute atomic E-state index is 14.3. The van der Waals surface area contributed by atoms with Crippen molar-refractivity contribution in [1.82, 2.24) is 4.90 Å². The summed E-state index contributed by atoms with van der Waals surface area (Å²) in [4.78, 5) is 23.1. The Kier molecular flexibility index (Phi) is 7.08. The van der Waals surface area contributed by atoms with E-state index >= 15 is 0 Å². The minimum absolute atomic E-state index is 0.0172. The second-order valence-corrected chi connectivity index (χ2v) is 10.5. The summed E-state index contributed by atoms with van der Waals surface area (Å²) < 4.78 is 14.3. The van der Waals surface area contributed by atoms with Crippen molar-refractivity contribution in [1.29, 1.82) is 0 Å². The van der Waals surface area contributed by atoms with Crippen LogP contribution in [0.15, 0.2) is 114 Å². The summed E-state index contributed by atoms with van der Waals surface area (Å²) >= 11 is 0. The number of aliphatic imine (C=N–C) groups is 1. The number of anilines is 1. The van der Waals surface area contributed by atoms with Crippen molar-refractivity contribution in [3.63, 3.8) is 0 Å². The molecule has 0 bridgehead atoms. The Morgan fingerprint density at radius 3 is 2.15 bits per heavy atom. The Morgan fingerprint density at radius 1 is 0.769 bits per heavy atom. The maximum Gasteiger partial charge on any atom is 0.233 e. The molecule has 5 heteroatoms. The molecular weight excluding hydrogens is 485 g/mol. The number of benzene rings is 4. The highest BCUT2D eigenvalue weighted by Gasteiger charge is 2.52. The van der Waals surface area contributed by atoms with Crippen LogP contribution in [0.1, 0.15) is 36.0 Å². The van der Waals surface area contributed by atoms with Crippen LogP contribution in [0.2, 0.25) is 0 Å². The van der Waals surface area contributed by atoms with Crippen molar-refractivity contribution in [3.8, 4) is 0 Å². The van der Waals surface area contributed by atoms with E-state index in [9.17, 15) is 9.18 Å². The van der Waals surface area contributed by atoms with Gasteiger partial charge in [0.2, 0.25) is 5.91 Å². The molecule has 2 heterocycles. The fourth-order valence-corrected chi connectivity index (χ4v) is 6.07. The third-order valence-corrected chi connectivity index (χ3v) is 8.02. The van der Waals surface area contributed by atoms with E-state index in [1.165, 1.54) is 23.3 Å².